The topological polar surface area (TPSA) is 78.5 Å². The van der Waals surface area contributed by atoms with Crippen molar-refractivity contribution in [3.63, 3.8) is 0 Å². The molecule has 24 heavy (non-hydrogen) atoms. The summed E-state index contributed by atoms with van der Waals surface area (Å²) >= 11 is 5.78. The van der Waals surface area contributed by atoms with Crippen LogP contribution in [-0.2, 0) is 9.59 Å². The lowest BCUT2D eigenvalue weighted by Crippen LogP contribution is -2.43. The molecule has 0 unspecified atom stereocenters. The Morgan fingerprint density at radius 2 is 1.79 bits per heavy atom. The Morgan fingerprint density at radius 1 is 1.17 bits per heavy atom. The van der Waals surface area contributed by atoms with Gasteiger partial charge in [0.25, 0.3) is 5.91 Å². The van der Waals surface area contributed by atoms with Crippen LogP contribution in [0.2, 0.25) is 5.02 Å². The number of nitrogens with zero attached hydrogens (tertiary/aromatic N) is 1. The zero-order valence-electron chi connectivity index (χ0n) is 13.7. The first-order chi connectivity index (χ1) is 11.5. The number of benzene rings is 1. The van der Waals surface area contributed by atoms with Crippen LogP contribution in [0.5, 0.6) is 0 Å². The molecule has 0 bridgehead atoms. The molecular formula is C17H22ClN3O3. The molecule has 7 heteroatoms. The molecule has 0 saturated carbocycles. The van der Waals surface area contributed by atoms with E-state index in [9.17, 15) is 14.4 Å². The maximum atomic E-state index is 12.2. The lowest BCUT2D eigenvalue weighted by Gasteiger charge is -2.31. The molecule has 130 valence electrons. The molecule has 1 fully saturated rings. The lowest BCUT2D eigenvalue weighted by molar-refractivity contribution is -0.135. The summed E-state index contributed by atoms with van der Waals surface area (Å²) in [6.07, 6.45) is 1.62. The van der Waals surface area contributed by atoms with Crippen molar-refractivity contribution in [1.29, 1.82) is 0 Å². The third kappa shape index (κ3) is 4.96. The Kier molecular flexibility index (Phi) is 6.61. The van der Waals surface area contributed by atoms with Crippen LogP contribution in [0.4, 0.5) is 0 Å². The van der Waals surface area contributed by atoms with Gasteiger partial charge in [-0.05, 0) is 37.1 Å². The van der Waals surface area contributed by atoms with Gasteiger partial charge in [-0.25, -0.2) is 0 Å². The van der Waals surface area contributed by atoms with Crippen LogP contribution in [0.15, 0.2) is 24.3 Å². The van der Waals surface area contributed by atoms with Crippen LogP contribution in [0.3, 0.4) is 0 Å². The van der Waals surface area contributed by atoms with Gasteiger partial charge in [0.15, 0.2) is 0 Å². The van der Waals surface area contributed by atoms with E-state index in [1.54, 1.807) is 36.2 Å². The summed E-state index contributed by atoms with van der Waals surface area (Å²) in [4.78, 5) is 37.4. The predicted octanol–water partition coefficient (Wildman–Crippen LogP) is 1.44. The minimum Gasteiger partial charge on any atom is -0.359 e. The maximum absolute atomic E-state index is 12.2. The number of nitrogens with one attached hydrogen (secondary N) is 2. The summed E-state index contributed by atoms with van der Waals surface area (Å²) in [6.45, 7) is 1.46. The van der Waals surface area contributed by atoms with E-state index in [2.05, 4.69) is 10.6 Å². The highest BCUT2D eigenvalue weighted by Crippen LogP contribution is 2.17. The van der Waals surface area contributed by atoms with Gasteiger partial charge in [0.05, 0.1) is 0 Å². The Labute approximate surface area is 146 Å². The first-order valence-electron chi connectivity index (χ1n) is 8.04. The zero-order valence-corrected chi connectivity index (χ0v) is 14.4. The first-order valence-corrected chi connectivity index (χ1v) is 8.42. The van der Waals surface area contributed by atoms with E-state index in [0.717, 1.165) is 0 Å². The van der Waals surface area contributed by atoms with Crippen molar-refractivity contribution >= 4 is 29.3 Å². The molecule has 3 amide bonds. The Balaban J connectivity index is 1.71. The van der Waals surface area contributed by atoms with E-state index in [-0.39, 0.29) is 36.6 Å². The molecule has 0 atom stereocenters. The number of carbonyl (C=O) groups is 3. The highest BCUT2D eigenvalue weighted by atomic mass is 35.5. The van der Waals surface area contributed by atoms with Crippen molar-refractivity contribution in [2.24, 2.45) is 5.92 Å². The van der Waals surface area contributed by atoms with Crippen molar-refractivity contribution < 1.29 is 14.4 Å². The van der Waals surface area contributed by atoms with Crippen molar-refractivity contribution in [1.82, 2.24) is 15.5 Å². The van der Waals surface area contributed by atoms with Gasteiger partial charge in [-0.3, -0.25) is 14.4 Å². The van der Waals surface area contributed by atoms with E-state index in [1.807, 2.05) is 0 Å². The predicted molar refractivity (Wildman–Crippen MR) is 91.8 cm³/mol. The molecule has 0 radical (unpaired) electrons. The van der Waals surface area contributed by atoms with Crippen molar-refractivity contribution in [2.45, 2.75) is 19.3 Å². The maximum Gasteiger partial charge on any atom is 0.251 e. The molecule has 1 aromatic carbocycles. The monoisotopic (exact) mass is 351 g/mol. The number of carbonyl (C=O) groups excluding carboxylic acids is 3. The van der Waals surface area contributed by atoms with Gasteiger partial charge in [0.1, 0.15) is 0 Å². The molecule has 0 aliphatic carbocycles. The molecule has 1 saturated heterocycles. The largest absolute Gasteiger partial charge is 0.359 e. The Morgan fingerprint density at radius 3 is 2.38 bits per heavy atom. The van der Waals surface area contributed by atoms with Crippen LogP contribution >= 0.6 is 11.6 Å². The second-order valence-electron chi connectivity index (χ2n) is 5.78. The van der Waals surface area contributed by atoms with Crippen molar-refractivity contribution in [3.05, 3.63) is 34.9 Å². The molecular weight excluding hydrogens is 330 g/mol. The first kappa shape index (κ1) is 18.3. The number of amides is 3. The molecule has 1 aliphatic heterocycles. The number of piperidine rings is 1. The molecule has 0 spiro atoms. The smallest absolute Gasteiger partial charge is 0.251 e. The SMILES string of the molecule is CNC(=O)C1CCN(C(=O)CCNC(=O)c2ccc(Cl)cc2)CC1. The quantitative estimate of drug-likeness (QED) is 0.842. The van der Waals surface area contributed by atoms with Gasteiger partial charge < -0.3 is 15.5 Å². The molecule has 6 nitrogen and oxygen atoms in total. The molecule has 2 rings (SSSR count). The normalized spacial score (nSPS) is 15.0. The molecule has 2 N–H and O–H groups in total. The summed E-state index contributed by atoms with van der Waals surface area (Å²) in [6, 6.07) is 6.59. The van der Waals surface area contributed by atoms with Gasteiger partial charge in [0.2, 0.25) is 11.8 Å². The minimum atomic E-state index is -0.224. The third-order valence-electron chi connectivity index (χ3n) is 4.20. The van der Waals surface area contributed by atoms with Gasteiger partial charge in [-0.1, -0.05) is 11.6 Å². The number of hydrogen-bond donors (Lipinski definition) is 2. The average Bonchev–Trinajstić information content (AvgIpc) is 2.61. The van der Waals surface area contributed by atoms with Gasteiger partial charge in [-0.2, -0.15) is 0 Å². The standard InChI is InChI=1S/C17H22ClN3O3/c1-19-16(23)13-7-10-21(11-8-13)15(22)6-9-20-17(24)12-2-4-14(18)5-3-12/h2-5,13H,6-11H2,1H3,(H,19,23)(H,20,24). The van der Waals surface area contributed by atoms with E-state index < -0.39 is 0 Å². The van der Waals surface area contributed by atoms with Crippen molar-refractivity contribution in [2.75, 3.05) is 26.7 Å². The van der Waals surface area contributed by atoms with Crippen LogP contribution in [0.1, 0.15) is 29.6 Å². The number of rotatable bonds is 5. The summed E-state index contributed by atoms with van der Waals surface area (Å²) in [5.41, 5.74) is 0.512. The second-order valence-corrected chi connectivity index (χ2v) is 6.22. The van der Waals surface area contributed by atoms with E-state index in [1.165, 1.54) is 0 Å². The lowest BCUT2D eigenvalue weighted by atomic mass is 9.96. The highest BCUT2D eigenvalue weighted by Gasteiger charge is 2.26. The van der Waals surface area contributed by atoms with Gasteiger partial charge in [0, 0.05) is 49.6 Å². The molecule has 1 aromatic rings. The van der Waals surface area contributed by atoms with Crippen LogP contribution in [0, 0.1) is 5.92 Å². The zero-order chi connectivity index (χ0) is 17.5. The van der Waals surface area contributed by atoms with Crippen LogP contribution < -0.4 is 10.6 Å². The second kappa shape index (κ2) is 8.68. The fourth-order valence-corrected chi connectivity index (χ4v) is 2.87. The van der Waals surface area contributed by atoms with Gasteiger partial charge >= 0.3 is 0 Å². The molecule has 0 aromatic heterocycles. The van der Waals surface area contributed by atoms with Crippen LogP contribution in [-0.4, -0.2) is 49.3 Å². The van der Waals surface area contributed by atoms with Crippen molar-refractivity contribution in [3.8, 4) is 0 Å². The van der Waals surface area contributed by atoms with E-state index in [0.29, 0.717) is 36.5 Å². The average molecular weight is 352 g/mol. The third-order valence-corrected chi connectivity index (χ3v) is 4.45. The fraction of sp³-hybridized carbons (Fsp3) is 0.471. The van der Waals surface area contributed by atoms with E-state index >= 15 is 0 Å². The summed E-state index contributed by atoms with van der Waals surface area (Å²) in [5.74, 6) is -0.194. The fourth-order valence-electron chi connectivity index (χ4n) is 2.74. The summed E-state index contributed by atoms with van der Waals surface area (Å²) in [5, 5.41) is 5.95. The molecule has 1 heterocycles. The highest BCUT2D eigenvalue weighted by molar-refractivity contribution is 6.30. The minimum absolute atomic E-state index is 0.00163. The number of halogens is 1. The number of likely N-dealkylation sites (tertiary alicyclic amines) is 1. The van der Waals surface area contributed by atoms with Gasteiger partial charge in [-0.15, -0.1) is 0 Å². The van der Waals surface area contributed by atoms with Crippen LogP contribution in [0.25, 0.3) is 0 Å². The Hall–Kier alpha value is -2.08. The number of hydrogen-bond acceptors (Lipinski definition) is 3. The Bertz CT molecular complexity index is 596. The summed E-state index contributed by atoms with van der Waals surface area (Å²) < 4.78 is 0. The molecule has 1 aliphatic rings. The summed E-state index contributed by atoms with van der Waals surface area (Å²) in [7, 11) is 1.63. The van der Waals surface area contributed by atoms with E-state index in [4.69, 9.17) is 11.6 Å².